The largest absolute Gasteiger partial charge is 0.385 e. The Balaban J connectivity index is 1.77. The molecule has 0 aliphatic carbocycles. The van der Waals surface area contributed by atoms with Crippen LogP contribution in [0.1, 0.15) is 38.7 Å². The van der Waals surface area contributed by atoms with Crippen molar-refractivity contribution in [2.24, 2.45) is 5.92 Å². The third-order valence-electron chi connectivity index (χ3n) is 5.69. The number of carbonyl (C=O) groups is 2. The van der Waals surface area contributed by atoms with Crippen LogP contribution in [0.15, 0.2) is 18.3 Å². The van der Waals surface area contributed by atoms with Gasteiger partial charge in [0.25, 0.3) is 5.91 Å². The maximum Gasteiger partial charge on any atom is 0.327 e. The van der Waals surface area contributed by atoms with E-state index in [9.17, 15) is 9.59 Å². The van der Waals surface area contributed by atoms with Gasteiger partial charge in [0, 0.05) is 46.1 Å². The number of piperidine rings is 1. The number of rotatable bonds is 7. The number of amides is 3. The van der Waals surface area contributed by atoms with Crippen molar-refractivity contribution < 1.29 is 14.3 Å². The monoisotopic (exact) mass is 399 g/mol. The minimum atomic E-state index is -0.766. The van der Waals surface area contributed by atoms with E-state index in [1.54, 1.807) is 24.3 Å². The van der Waals surface area contributed by atoms with E-state index >= 15 is 0 Å². The van der Waals surface area contributed by atoms with Gasteiger partial charge in [-0.3, -0.25) is 9.69 Å². The Morgan fingerprint density at radius 3 is 2.55 bits per heavy atom. The molecule has 0 N–H and O–H groups in total. The highest BCUT2D eigenvalue weighted by atomic mass is 16.5. The lowest BCUT2D eigenvalue weighted by Gasteiger charge is -2.43. The molecular formula is C21H29N5O3. The predicted octanol–water partition coefficient (Wildman–Crippen LogP) is 2.25. The zero-order chi connectivity index (χ0) is 21.0. The van der Waals surface area contributed by atoms with Crippen molar-refractivity contribution in [3.8, 4) is 6.07 Å². The van der Waals surface area contributed by atoms with E-state index in [0.717, 1.165) is 5.82 Å². The second kappa shape index (κ2) is 8.78. The molecule has 3 heterocycles. The van der Waals surface area contributed by atoms with Gasteiger partial charge in [0.2, 0.25) is 0 Å². The van der Waals surface area contributed by atoms with Gasteiger partial charge in [-0.15, -0.1) is 0 Å². The van der Waals surface area contributed by atoms with E-state index in [4.69, 9.17) is 10.00 Å². The minimum Gasteiger partial charge on any atom is -0.385 e. The quantitative estimate of drug-likeness (QED) is 0.516. The number of nitriles is 1. The first-order valence-electron chi connectivity index (χ1n) is 10.2. The summed E-state index contributed by atoms with van der Waals surface area (Å²) in [5.41, 5.74) is -0.244. The molecule has 2 fully saturated rings. The second-order valence-electron chi connectivity index (χ2n) is 8.13. The zero-order valence-corrected chi connectivity index (χ0v) is 17.4. The highest BCUT2D eigenvalue weighted by molar-refractivity contribution is 6.07. The molecule has 1 aromatic rings. The van der Waals surface area contributed by atoms with Crippen LogP contribution in [0.2, 0.25) is 0 Å². The molecule has 0 radical (unpaired) electrons. The zero-order valence-electron chi connectivity index (χ0n) is 17.4. The van der Waals surface area contributed by atoms with Gasteiger partial charge in [-0.2, -0.15) is 5.26 Å². The fourth-order valence-corrected chi connectivity index (χ4v) is 4.19. The number of methoxy groups -OCH3 is 1. The summed E-state index contributed by atoms with van der Waals surface area (Å²) < 4.78 is 5.08. The normalized spacial score (nSPS) is 18.8. The first-order chi connectivity index (χ1) is 13.9. The number of carbonyl (C=O) groups excluding carboxylic acids is 2. The lowest BCUT2D eigenvalue weighted by molar-refractivity contribution is -0.134. The summed E-state index contributed by atoms with van der Waals surface area (Å²) in [6.07, 6.45) is 3.35. The fourth-order valence-electron chi connectivity index (χ4n) is 4.19. The SMILES string of the molecule is COCCCN1C(=O)N(CC(C)C)C2(CCN(c3ccc(C#N)cn3)CC2)C1=O. The van der Waals surface area contributed by atoms with E-state index in [1.165, 1.54) is 4.90 Å². The average molecular weight is 399 g/mol. The lowest BCUT2D eigenvalue weighted by Crippen LogP contribution is -2.57. The van der Waals surface area contributed by atoms with Gasteiger partial charge in [-0.05, 0) is 37.3 Å². The Bertz CT molecular complexity index is 779. The van der Waals surface area contributed by atoms with Crippen LogP contribution in [-0.4, -0.2) is 72.2 Å². The van der Waals surface area contributed by atoms with E-state index in [1.807, 2.05) is 6.07 Å². The van der Waals surface area contributed by atoms with Gasteiger partial charge in [0.05, 0.1) is 5.56 Å². The third-order valence-corrected chi connectivity index (χ3v) is 5.69. The summed E-state index contributed by atoms with van der Waals surface area (Å²) >= 11 is 0. The van der Waals surface area contributed by atoms with Crippen molar-refractivity contribution >= 4 is 17.8 Å². The third kappa shape index (κ3) is 4.06. The van der Waals surface area contributed by atoms with Crippen molar-refractivity contribution in [2.45, 2.75) is 38.6 Å². The summed E-state index contributed by atoms with van der Waals surface area (Å²) in [5.74, 6) is 0.996. The molecule has 29 heavy (non-hydrogen) atoms. The van der Waals surface area contributed by atoms with Crippen molar-refractivity contribution in [2.75, 3.05) is 44.8 Å². The number of pyridine rings is 1. The second-order valence-corrected chi connectivity index (χ2v) is 8.13. The maximum atomic E-state index is 13.4. The van der Waals surface area contributed by atoms with E-state index < -0.39 is 5.54 Å². The standard InChI is InChI=1S/C21H29N5O3/c1-16(2)15-26-20(28)25(9-4-12-29-3)19(27)21(26)7-10-24(11-8-21)18-6-5-17(13-22)14-23-18/h5-6,14,16H,4,7-12,15H2,1-3H3. The molecule has 0 atom stereocenters. The van der Waals surface area contributed by atoms with E-state index in [2.05, 4.69) is 29.8 Å². The van der Waals surface area contributed by atoms with Gasteiger partial charge in [0.1, 0.15) is 17.4 Å². The highest BCUT2D eigenvalue weighted by Crippen LogP contribution is 2.38. The molecule has 156 valence electrons. The molecule has 1 spiro atoms. The number of hydrogen-bond acceptors (Lipinski definition) is 6. The van der Waals surface area contributed by atoms with Crippen molar-refractivity contribution in [3.05, 3.63) is 23.9 Å². The van der Waals surface area contributed by atoms with Crippen molar-refractivity contribution in [1.29, 1.82) is 5.26 Å². The molecule has 2 aliphatic rings. The molecule has 2 saturated heterocycles. The minimum absolute atomic E-state index is 0.0771. The van der Waals surface area contributed by atoms with Gasteiger partial charge < -0.3 is 14.5 Å². The number of urea groups is 1. The number of nitrogens with zero attached hydrogens (tertiary/aromatic N) is 5. The number of imide groups is 1. The van der Waals surface area contributed by atoms with Crippen LogP contribution in [0.3, 0.4) is 0 Å². The van der Waals surface area contributed by atoms with Gasteiger partial charge >= 0.3 is 6.03 Å². The summed E-state index contributed by atoms with van der Waals surface area (Å²) in [4.78, 5) is 36.1. The Morgan fingerprint density at radius 1 is 1.28 bits per heavy atom. The van der Waals surface area contributed by atoms with Gasteiger partial charge in [-0.1, -0.05) is 13.8 Å². The molecule has 3 amide bonds. The molecule has 0 bridgehead atoms. The number of aromatic nitrogens is 1. The molecule has 1 aromatic heterocycles. The van der Waals surface area contributed by atoms with Crippen LogP contribution in [0.4, 0.5) is 10.6 Å². The Hall–Kier alpha value is -2.66. The Labute approximate surface area is 172 Å². The topological polar surface area (TPSA) is 89.8 Å². The molecule has 8 nitrogen and oxygen atoms in total. The fraction of sp³-hybridized carbons (Fsp3) is 0.619. The number of anilines is 1. The molecular weight excluding hydrogens is 370 g/mol. The van der Waals surface area contributed by atoms with Crippen molar-refractivity contribution in [1.82, 2.24) is 14.8 Å². The predicted molar refractivity (Wildman–Crippen MR) is 108 cm³/mol. The molecule has 0 unspecified atom stereocenters. The van der Waals surface area contributed by atoms with Gasteiger partial charge in [0.15, 0.2) is 0 Å². The van der Waals surface area contributed by atoms with Crippen LogP contribution in [-0.2, 0) is 9.53 Å². The average Bonchev–Trinajstić information content (AvgIpc) is 2.91. The smallest absolute Gasteiger partial charge is 0.327 e. The number of ether oxygens (including phenoxy) is 1. The Morgan fingerprint density at radius 2 is 2.00 bits per heavy atom. The van der Waals surface area contributed by atoms with Crippen LogP contribution in [0.25, 0.3) is 0 Å². The molecule has 0 aromatic carbocycles. The summed E-state index contributed by atoms with van der Waals surface area (Å²) in [6.45, 7) is 6.89. The highest BCUT2D eigenvalue weighted by Gasteiger charge is 2.57. The summed E-state index contributed by atoms with van der Waals surface area (Å²) in [6, 6.07) is 5.48. The van der Waals surface area contributed by atoms with Crippen molar-refractivity contribution in [3.63, 3.8) is 0 Å². The summed E-state index contributed by atoms with van der Waals surface area (Å²) in [7, 11) is 1.62. The Kier molecular flexibility index (Phi) is 6.38. The van der Waals surface area contributed by atoms with Crippen LogP contribution in [0, 0.1) is 17.2 Å². The van der Waals surface area contributed by atoms with Crippen LogP contribution in [0.5, 0.6) is 0 Å². The lowest BCUT2D eigenvalue weighted by atomic mass is 9.85. The first kappa shape index (κ1) is 21.1. The molecule has 2 aliphatic heterocycles. The van der Waals surface area contributed by atoms with Crippen LogP contribution < -0.4 is 4.90 Å². The van der Waals surface area contributed by atoms with Gasteiger partial charge in [-0.25, -0.2) is 9.78 Å². The molecule has 8 heteroatoms. The molecule has 3 rings (SSSR count). The first-order valence-corrected chi connectivity index (χ1v) is 10.2. The number of hydrogen-bond donors (Lipinski definition) is 0. The summed E-state index contributed by atoms with van der Waals surface area (Å²) in [5, 5.41) is 8.94. The van der Waals surface area contributed by atoms with E-state index in [0.29, 0.717) is 57.6 Å². The molecule has 0 saturated carbocycles. The van der Waals surface area contributed by atoms with E-state index in [-0.39, 0.29) is 17.9 Å². The maximum absolute atomic E-state index is 13.4. The van der Waals surface area contributed by atoms with Crippen LogP contribution >= 0.6 is 0 Å².